The Kier molecular flexibility index (Phi) is 5.18. The third-order valence-corrected chi connectivity index (χ3v) is 4.44. The van der Waals surface area contributed by atoms with Crippen molar-refractivity contribution >= 4 is 21.8 Å². The van der Waals surface area contributed by atoms with Crippen molar-refractivity contribution in [2.45, 2.75) is 25.3 Å². The van der Waals surface area contributed by atoms with Crippen LogP contribution in [0, 0.1) is 5.92 Å². The second-order valence-electron chi connectivity index (χ2n) is 5.33. The van der Waals surface area contributed by atoms with E-state index in [0.29, 0.717) is 19.8 Å². The summed E-state index contributed by atoms with van der Waals surface area (Å²) in [5.74, 6) is -0.164. The lowest BCUT2D eigenvalue weighted by atomic mass is 9.82. The zero-order valence-corrected chi connectivity index (χ0v) is 13.3. The van der Waals surface area contributed by atoms with E-state index in [1.54, 1.807) is 0 Å². The fraction of sp³-hybridized carbons (Fsp3) is 0.533. The predicted octanol–water partition coefficient (Wildman–Crippen LogP) is 2.17. The van der Waals surface area contributed by atoms with Crippen molar-refractivity contribution in [1.82, 2.24) is 5.32 Å². The van der Waals surface area contributed by atoms with E-state index < -0.39 is 0 Å². The van der Waals surface area contributed by atoms with E-state index in [9.17, 15) is 4.79 Å². The van der Waals surface area contributed by atoms with Crippen molar-refractivity contribution in [2.24, 2.45) is 11.7 Å². The first-order chi connectivity index (χ1) is 9.57. The summed E-state index contributed by atoms with van der Waals surface area (Å²) in [6, 6.07) is 8.13. The van der Waals surface area contributed by atoms with Crippen molar-refractivity contribution in [3.05, 3.63) is 34.3 Å². The Hall–Kier alpha value is -0.910. The molecular formula is C15H21BrN2O2. The van der Waals surface area contributed by atoms with Crippen molar-refractivity contribution in [2.75, 3.05) is 19.8 Å². The fourth-order valence-electron chi connectivity index (χ4n) is 2.44. The average Bonchev–Trinajstić information content (AvgIpc) is 2.47. The Labute approximate surface area is 128 Å². The highest BCUT2D eigenvalue weighted by Crippen LogP contribution is 2.33. The lowest BCUT2D eigenvalue weighted by molar-refractivity contribution is -0.127. The molecule has 1 aromatic carbocycles. The number of nitrogens with one attached hydrogen (secondary N) is 1. The number of nitrogens with two attached hydrogens (primary N) is 1. The van der Waals surface area contributed by atoms with Crippen LogP contribution in [0.3, 0.4) is 0 Å². The zero-order valence-electron chi connectivity index (χ0n) is 11.7. The van der Waals surface area contributed by atoms with Crippen LogP contribution in [0.5, 0.6) is 0 Å². The molecule has 110 valence electrons. The molecular weight excluding hydrogens is 320 g/mol. The van der Waals surface area contributed by atoms with Crippen LogP contribution in [0.15, 0.2) is 28.7 Å². The minimum atomic E-state index is -0.334. The van der Waals surface area contributed by atoms with Gasteiger partial charge >= 0.3 is 0 Å². The minimum Gasteiger partial charge on any atom is -0.381 e. The van der Waals surface area contributed by atoms with Crippen molar-refractivity contribution in [3.8, 4) is 0 Å². The van der Waals surface area contributed by atoms with Gasteiger partial charge in [0, 0.05) is 30.1 Å². The van der Waals surface area contributed by atoms with Gasteiger partial charge in [-0.15, -0.1) is 0 Å². The van der Waals surface area contributed by atoms with Crippen molar-refractivity contribution in [3.63, 3.8) is 0 Å². The molecule has 1 fully saturated rings. The second kappa shape index (κ2) is 6.70. The van der Waals surface area contributed by atoms with Crippen LogP contribution in [-0.4, -0.2) is 25.7 Å². The van der Waals surface area contributed by atoms with Crippen LogP contribution in [-0.2, 0) is 15.1 Å². The predicted molar refractivity (Wildman–Crippen MR) is 82.2 cm³/mol. The van der Waals surface area contributed by atoms with E-state index in [1.807, 2.05) is 19.1 Å². The molecule has 20 heavy (non-hydrogen) atoms. The van der Waals surface area contributed by atoms with Crippen LogP contribution < -0.4 is 11.1 Å². The van der Waals surface area contributed by atoms with Gasteiger partial charge in [0.15, 0.2) is 0 Å². The minimum absolute atomic E-state index is 0.0114. The zero-order chi connectivity index (χ0) is 14.6. The third kappa shape index (κ3) is 3.40. The molecule has 0 aromatic heterocycles. The molecule has 5 heteroatoms. The van der Waals surface area contributed by atoms with E-state index in [4.69, 9.17) is 10.5 Å². The van der Waals surface area contributed by atoms with Gasteiger partial charge in [0.2, 0.25) is 5.91 Å². The van der Waals surface area contributed by atoms with Crippen LogP contribution in [0.4, 0.5) is 0 Å². The van der Waals surface area contributed by atoms with Gasteiger partial charge in [-0.1, -0.05) is 35.0 Å². The molecule has 1 aliphatic rings. The highest BCUT2D eigenvalue weighted by Gasteiger charge is 2.36. The first-order valence-electron chi connectivity index (χ1n) is 6.93. The average molecular weight is 341 g/mol. The van der Waals surface area contributed by atoms with E-state index in [2.05, 4.69) is 33.4 Å². The Bertz CT molecular complexity index is 455. The molecule has 0 spiro atoms. The Morgan fingerprint density at radius 3 is 2.55 bits per heavy atom. The largest absolute Gasteiger partial charge is 0.381 e. The van der Waals surface area contributed by atoms with Crippen LogP contribution in [0.2, 0.25) is 0 Å². The summed E-state index contributed by atoms with van der Waals surface area (Å²) in [5.41, 5.74) is 6.38. The number of halogens is 1. The summed E-state index contributed by atoms with van der Waals surface area (Å²) in [6.07, 6.45) is 1.58. The molecule has 1 saturated heterocycles. The van der Waals surface area contributed by atoms with E-state index in [1.165, 1.54) is 0 Å². The molecule has 3 N–H and O–H groups in total. The van der Waals surface area contributed by atoms with Crippen LogP contribution in [0.1, 0.15) is 25.3 Å². The van der Waals surface area contributed by atoms with Gasteiger partial charge in [0.1, 0.15) is 0 Å². The Morgan fingerprint density at radius 1 is 1.40 bits per heavy atom. The molecule has 0 bridgehead atoms. The Balaban J connectivity index is 2.25. The molecule has 1 amide bonds. The summed E-state index contributed by atoms with van der Waals surface area (Å²) in [6.45, 7) is 3.53. The SMILES string of the molecule is CC(CN)C(=O)NC1(c2ccc(Br)cc2)CCOCC1. The molecule has 1 aliphatic heterocycles. The lowest BCUT2D eigenvalue weighted by Crippen LogP contribution is -2.51. The number of ether oxygens (including phenoxy) is 1. The fourth-order valence-corrected chi connectivity index (χ4v) is 2.71. The number of hydrogen-bond donors (Lipinski definition) is 2. The molecule has 1 heterocycles. The summed E-state index contributed by atoms with van der Waals surface area (Å²) < 4.78 is 6.49. The second-order valence-corrected chi connectivity index (χ2v) is 6.24. The Morgan fingerprint density at radius 2 is 2.00 bits per heavy atom. The highest BCUT2D eigenvalue weighted by molar-refractivity contribution is 9.10. The molecule has 0 saturated carbocycles. The van der Waals surface area contributed by atoms with Gasteiger partial charge < -0.3 is 15.8 Å². The molecule has 1 atom stereocenters. The molecule has 1 unspecified atom stereocenters. The number of rotatable bonds is 4. The van der Waals surface area contributed by atoms with Crippen molar-refractivity contribution < 1.29 is 9.53 Å². The summed E-state index contributed by atoms with van der Waals surface area (Å²) in [5, 5.41) is 3.20. The quantitative estimate of drug-likeness (QED) is 0.882. The van der Waals surface area contributed by atoms with E-state index >= 15 is 0 Å². The first kappa shape index (κ1) is 15.5. The smallest absolute Gasteiger partial charge is 0.224 e. The van der Waals surface area contributed by atoms with Gasteiger partial charge in [-0.05, 0) is 30.5 Å². The molecule has 0 aliphatic carbocycles. The number of carbonyl (C=O) groups is 1. The van der Waals surface area contributed by atoms with E-state index in [0.717, 1.165) is 22.9 Å². The summed E-state index contributed by atoms with van der Waals surface area (Å²) in [4.78, 5) is 12.2. The van der Waals surface area contributed by atoms with Gasteiger partial charge in [-0.2, -0.15) is 0 Å². The maximum Gasteiger partial charge on any atom is 0.224 e. The topological polar surface area (TPSA) is 64.4 Å². The van der Waals surface area contributed by atoms with Crippen LogP contribution in [0.25, 0.3) is 0 Å². The number of benzene rings is 1. The number of hydrogen-bond acceptors (Lipinski definition) is 3. The lowest BCUT2D eigenvalue weighted by Gasteiger charge is -2.39. The van der Waals surface area contributed by atoms with Gasteiger partial charge in [-0.3, -0.25) is 4.79 Å². The normalized spacial score (nSPS) is 19.4. The maximum atomic E-state index is 12.2. The summed E-state index contributed by atoms with van der Waals surface area (Å²) in [7, 11) is 0. The van der Waals surface area contributed by atoms with Gasteiger partial charge in [0.05, 0.1) is 5.54 Å². The van der Waals surface area contributed by atoms with Gasteiger partial charge in [0.25, 0.3) is 0 Å². The summed E-state index contributed by atoms with van der Waals surface area (Å²) >= 11 is 3.44. The first-order valence-corrected chi connectivity index (χ1v) is 7.72. The van der Waals surface area contributed by atoms with E-state index in [-0.39, 0.29) is 17.4 Å². The maximum absolute atomic E-state index is 12.2. The molecule has 0 radical (unpaired) electrons. The van der Waals surface area contributed by atoms with Gasteiger partial charge in [-0.25, -0.2) is 0 Å². The number of carbonyl (C=O) groups excluding carboxylic acids is 1. The molecule has 1 aromatic rings. The van der Waals surface area contributed by atoms with Crippen molar-refractivity contribution in [1.29, 1.82) is 0 Å². The molecule has 2 rings (SSSR count). The molecule has 4 nitrogen and oxygen atoms in total. The standard InChI is InChI=1S/C15H21BrN2O2/c1-11(10-17)14(19)18-15(6-8-20-9-7-15)12-2-4-13(16)5-3-12/h2-5,11H,6-10,17H2,1H3,(H,18,19). The monoisotopic (exact) mass is 340 g/mol. The van der Waals surface area contributed by atoms with Crippen LogP contribution >= 0.6 is 15.9 Å². The number of amides is 1. The highest BCUT2D eigenvalue weighted by atomic mass is 79.9. The third-order valence-electron chi connectivity index (χ3n) is 3.91.